The number of H-pyrrole nitrogens is 1. The average molecular weight is 196 g/mol. The van der Waals surface area contributed by atoms with Gasteiger partial charge in [-0.15, -0.1) is 0 Å². The van der Waals surface area contributed by atoms with Crippen molar-refractivity contribution in [1.82, 2.24) is 10.3 Å². The predicted molar refractivity (Wildman–Crippen MR) is 50.0 cm³/mol. The first kappa shape index (κ1) is 10.3. The number of amides is 1. The van der Waals surface area contributed by atoms with Gasteiger partial charge in [-0.1, -0.05) is 0 Å². The van der Waals surface area contributed by atoms with Crippen molar-refractivity contribution in [2.45, 2.75) is 12.8 Å². The van der Waals surface area contributed by atoms with Crippen LogP contribution >= 0.6 is 0 Å². The van der Waals surface area contributed by atoms with E-state index in [1.54, 1.807) is 18.5 Å². The maximum atomic E-state index is 11.3. The number of hydrogen-bond donors (Lipinski definition) is 3. The molecule has 0 saturated heterocycles. The molecule has 1 amide bonds. The molecule has 1 aromatic rings. The number of hydrogen-bond acceptors (Lipinski definition) is 2. The molecule has 0 atom stereocenters. The summed E-state index contributed by atoms with van der Waals surface area (Å²) in [4.78, 5) is 24.2. The summed E-state index contributed by atoms with van der Waals surface area (Å²) in [7, 11) is 0. The molecule has 0 unspecified atom stereocenters. The van der Waals surface area contributed by atoms with Gasteiger partial charge in [-0.2, -0.15) is 0 Å². The molecule has 0 fully saturated rings. The van der Waals surface area contributed by atoms with Crippen molar-refractivity contribution in [3.05, 3.63) is 24.0 Å². The number of aromatic nitrogens is 1. The van der Waals surface area contributed by atoms with Gasteiger partial charge in [0.2, 0.25) is 0 Å². The summed E-state index contributed by atoms with van der Waals surface area (Å²) in [6.45, 7) is 0.385. The van der Waals surface area contributed by atoms with Gasteiger partial charge >= 0.3 is 5.97 Å². The Bertz CT molecular complexity index is 306. The largest absolute Gasteiger partial charge is 0.481 e. The van der Waals surface area contributed by atoms with Crippen molar-refractivity contribution in [3.8, 4) is 0 Å². The molecule has 0 saturated carbocycles. The van der Waals surface area contributed by atoms with Crippen molar-refractivity contribution >= 4 is 11.9 Å². The van der Waals surface area contributed by atoms with Crippen molar-refractivity contribution in [1.29, 1.82) is 0 Å². The van der Waals surface area contributed by atoms with Crippen LogP contribution in [0.5, 0.6) is 0 Å². The van der Waals surface area contributed by atoms with Crippen molar-refractivity contribution in [3.63, 3.8) is 0 Å². The highest BCUT2D eigenvalue weighted by Gasteiger charge is 2.04. The second-order valence-corrected chi connectivity index (χ2v) is 2.85. The molecule has 0 spiro atoms. The normalized spacial score (nSPS) is 9.71. The summed E-state index contributed by atoms with van der Waals surface area (Å²) in [5.74, 6) is -1.03. The molecule has 0 aliphatic heterocycles. The average Bonchev–Trinajstić information content (AvgIpc) is 2.64. The van der Waals surface area contributed by atoms with Crippen LogP contribution in [0.1, 0.15) is 23.2 Å². The Labute approximate surface area is 81.1 Å². The molecule has 0 aliphatic carbocycles. The number of aromatic amines is 1. The topological polar surface area (TPSA) is 82.2 Å². The van der Waals surface area contributed by atoms with Gasteiger partial charge in [-0.25, -0.2) is 0 Å². The van der Waals surface area contributed by atoms with E-state index in [0.29, 0.717) is 18.5 Å². The second-order valence-electron chi connectivity index (χ2n) is 2.85. The first-order chi connectivity index (χ1) is 6.70. The van der Waals surface area contributed by atoms with Crippen molar-refractivity contribution < 1.29 is 14.7 Å². The molecular formula is C9H12N2O3. The molecular weight excluding hydrogens is 184 g/mol. The van der Waals surface area contributed by atoms with Crippen LogP contribution in [0, 0.1) is 0 Å². The molecule has 76 valence electrons. The number of carbonyl (C=O) groups is 2. The molecule has 0 bridgehead atoms. The third-order valence-electron chi connectivity index (χ3n) is 1.71. The fourth-order valence-electron chi connectivity index (χ4n) is 1.01. The van der Waals surface area contributed by atoms with Gasteiger partial charge in [-0.3, -0.25) is 9.59 Å². The van der Waals surface area contributed by atoms with E-state index in [-0.39, 0.29) is 12.3 Å². The second kappa shape index (κ2) is 5.06. The molecule has 1 aromatic heterocycles. The molecule has 5 nitrogen and oxygen atoms in total. The minimum atomic E-state index is -0.846. The van der Waals surface area contributed by atoms with Crippen LogP contribution in [0.2, 0.25) is 0 Å². The van der Waals surface area contributed by atoms with Crippen molar-refractivity contribution in [2.75, 3.05) is 6.54 Å². The molecule has 3 N–H and O–H groups in total. The van der Waals surface area contributed by atoms with Gasteiger partial charge in [0.25, 0.3) is 5.91 Å². The smallest absolute Gasteiger partial charge is 0.303 e. The highest BCUT2D eigenvalue weighted by molar-refractivity contribution is 5.93. The number of carboxylic acids is 1. The minimum absolute atomic E-state index is 0.0768. The zero-order valence-electron chi connectivity index (χ0n) is 7.62. The monoisotopic (exact) mass is 196 g/mol. The van der Waals surface area contributed by atoms with Gasteiger partial charge in [0.15, 0.2) is 0 Å². The van der Waals surface area contributed by atoms with Gasteiger partial charge in [-0.05, 0) is 12.5 Å². The van der Waals surface area contributed by atoms with E-state index < -0.39 is 5.97 Å². The van der Waals surface area contributed by atoms with Gasteiger partial charge in [0.1, 0.15) is 0 Å². The summed E-state index contributed by atoms with van der Waals surface area (Å²) < 4.78 is 0. The number of carboxylic acid groups (broad SMARTS) is 1. The van der Waals surface area contributed by atoms with Crippen LogP contribution in [0.25, 0.3) is 0 Å². The Balaban J connectivity index is 2.19. The third kappa shape index (κ3) is 3.30. The highest BCUT2D eigenvalue weighted by atomic mass is 16.4. The standard InChI is InChI=1S/C9H12N2O3/c12-8(13)2-1-4-11-9(14)7-3-5-10-6-7/h3,5-6,10H,1-2,4H2,(H,11,14)(H,12,13). The molecule has 0 aromatic carbocycles. The highest BCUT2D eigenvalue weighted by Crippen LogP contribution is 1.96. The maximum Gasteiger partial charge on any atom is 0.303 e. The molecule has 14 heavy (non-hydrogen) atoms. The summed E-state index contributed by atoms with van der Waals surface area (Å²) in [6, 6.07) is 1.66. The molecule has 0 radical (unpaired) electrons. The fraction of sp³-hybridized carbons (Fsp3) is 0.333. The summed E-state index contributed by atoms with van der Waals surface area (Å²) >= 11 is 0. The Morgan fingerprint density at radius 3 is 2.86 bits per heavy atom. The third-order valence-corrected chi connectivity index (χ3v) is 1.71. The Morgan fingerprint density at radius 2 is 2.29 bits per heavy atom. The van der Waals surface area contributed by atoms with Gasteiger partial charge < -0.3 is 15.4 Å². The Hall–Kier alpha value is -1.78. The van der Waals surface area contributed by atoms with E-state index in [1.165, 1.54) is 0 Å². The lowest BCUT2D eigenvalue weighted by atomic mass is 10.3. The lowest BCUT2D eigenvalue weighted by molar-refractivity contribution is -0.137. The zero-order valence-corrected chi connectivity index (χ0v) is 7.62. The zero-order chi connectivity index (χ0) is 10.4. The van der Waals surface area contributed by atoms with E-state index in [1.807, 2.05) is 0 Å². The number of rotatable bonds is 5. The predicted octanol–water partition coefficient (Wildman–Crippen LogP) is 0.609. The molecule has 5 heteroatoms. The van der Waals surface area contributed by atoms with E-state index in [4.69, 9.17) is 5.11 Å². The van der Waals surface area contributed by atoms with Crippen LogP contribution in [0.15, 0.2) is 18.5 Å². The summed E-state index contributed by atoms with van der Waals surface area (Å²) in [5.41, 5.74) is 0.556. The molecule has 1 heterocycles. The number of aliphatic carboxylic acids is 1. The first-order valence-corrected chi connectivity index (χ1v) is 4.33. The quantitative estimate of drug-likeness (QED) is 0.603. The van der Waals surface area contributed by atoms with Crippen LogP contribution in [-0.2, 0) is 4.79 Å². The Morgan fingerprint density at radius 1 is 1.50 bits per heavy atom. The summed E-state index contributed by atoms with van der Waals surface area (Å²) in [6.07, 6.45) is 3.78. The van der Waals surface area contributed by atoms with E-state index in [2.05, 4.69) is 10.3 Å². The minimum Gasteiger partial charge on any atom is -0.481 e. The van der Waals surface area contributed by atoms with E-state index in [0.717, 1.165) is 0 Å². The maximum absolute atomic E-state index is 11.3. The first-order valence-electron chi connectivity index (χ1n) is 4.33. The molecule has 1 rings (SSSR count). The van der Waals surface area contributed by atoms with Crippen LogP contribution in [0.4, 0.5) is 0 Å². The Kier molecular flexibility index (Phi) is 3.72. The lowest BCUT2D eigenvalue weighted by Crippen LogP contribution is -2.24. The lowest BCUT2D eigenvalue weighted by Gasteiger charge is -2.01. The van der Waals surface area contributed by atoms with E-state index in [9.17, 15) is 9.59 Å². The van der Waals surface area contributed by atoms with Crippen molar-refractivity contribution in [2.24, 2.45) is 0 Å². The van der Waals surface area contributed by atoms with Crippen LogP contribution in [-0.4, -0.2) is 28.5 Å². The number of nitrogens with one attached hydrogen (secondary N) is 2. The number of carbonyl (C=O) groups excluding carboxylic acids is 1. The SMILES string of the molecule is O=C(O)CCCNC(=O)c1cc[nH]c1. The fourth-order valence-corrected chi connectivity index (χ4v) is 1.01. The molecule has 0 aliphatic rings. The van der Waals surface area contributed by atoms with E-state index >= 15 is 0 Å². The van der Waals surface area contributed by atoms with Crippen LogP contribution < -0.4 is 5.32 Å². The summed E-state index contributed by atoms with van der Waals surface area (Å²) in [5, 5.41) is 11.0. The van der Waals surface area contributed by atoms with Crippen LogP contribution in [0.3, 0.4) is 0 Å². The van der Waals surface area contributed by atoms with Gasteiger partial charge in [0, 0.05) is 25.4 Å². The van der Waals surface area contributed by atoms with Gasteiger partial charge in [0.05, 0.1) is 5.56 Å².